The van der Waals surface area contributed by atoms with E-state index in [2.05, 4.69) is 24.0 Å². The summed E-state index contributed by atoms with van der Waals surface area (Å²) in [5.74, 6) is 0.814. The van der Waals surface area contributed by atoms with Crippen molar-refractivity contribution < 1.29 is 4.79 Å². The van der Waals surface area contributed by atoms with Crippen molar-refractivity contribution in [3.8, 4) is 0 Å². The highest BCUT2D eigenvalue weighted by molar-refractivity contribution is 5.94. The van der Waals surface area contributed by atoms with E-state index in [-0.39, 0.29) is 5.91 Å². The van der Waals surface area contributed by atoms with Crippen molar-refractivity contribution in [2.75, 3.05) is 27.2 Å². The number of rotatable bonds is 3. The minimum absolute atomic E-state index is 0.183. The van der Waals surface area contributed by atoms with E-state index in [0.29, 0.717) is 5.92 Å². The van der Waals surface area contributed by atoms with Gasteiger partial charge in [0.1, 0.15) is 0 Å². The maximum absolute atomic E-state index is 12.4. The van der Waals surface area contributed by atoms with Gasteiger partial charge in [-0.3, -0.25) is 4.79 Å². The molecule has 104 valence electrons. The number of piperidine rings is 1. The molecule has 1 aromatic carbocycles. The van der Waals surface area contributed by atoms with Gasteiger partial charge in [0.25, 0.3) is 5.91 Å². The molecule has 0 spiro atoms. The summed E-state index contributed by atoms with van der Waals surface area (Å²) in [6, 6.07) is 8.03. The maximum atomic E-state index is 12.4. The average Bonchev–Trinajstić information content (AvgIpc) is 2.38. The van der Waals surface area contributed by atoms with Crippen LogP contribution >= 0.6 is 0 Å². The lowest BCUT2D eigenvalue weighted by molar-refractivity contribution is 0.0683. The molecule has 1 aliphatic rings. The molecule has 3 nitrogen and oxygen atoms in total. The third kappa shape index (κ3) is 3.80. The zero-order valence-electron chi connectivity index (χ0n) is 12.2. The first-order chi connectivity index (χ1) is 9.06. The summed E-state index contributed by atoms with van der Waals surface area (Å²) in [5, 5.41) is 0. The van der Waals surface area contributed by atoms with Gasteiger partial charge in [-0.05, 0) is 50.6 Å². The summed E-state index contributed by atoms with van der Waals surface area (Å²) in [5.41, 5.74) is 2.06. The van der Waals surface area contributed by atoms with Crippen LogP contribution in [0.15, 0.2) is 24.3 Å². The van der Waals surface area contributed by atoms with Crippen molar-refractivity contribution in [1.29, 1.82) is 0 Å². The summed E-state index contributed by atoms with van der Waals surface area (Å²) in [4.78, 5) is 16.5. The Morgan fingerprint density at radius 3 is 2.58 bits per heavy atom. The van der Waals surface area contributed by atoms with Gasteiger partial charge in [-0.25, -0.2) is 0 Å². The lowest BCUT2D eigenvalue weighted by atomic mass is 9.99. The fraction of sp³-hybridized carbons (Fsp3) is 0.562. The molecular formula is C16H24N2O. The van der Waals surface area contributed by atoms with Crippen LogP contribution in [0.3, 0.4) is 0 Å². The zero-order valence-corrected chi connectivity index (χ0v) is 12.2. The minimum Gasteiger partial charge on any atom is -0.338 e. The Kier molecular flexibility index (Phi) is 4.59. The van der Waals surface area contributed by atoms with Gasteiger partial charge in [-0.1, -0.05) is 19.1 Å². The van der Waals surface area contributed by atoms with Crippen LogP contribution in [-0.2, 0) is 6.54 Å². The molecule has 19 heavy (non-hydrogen) atoms. The fourth-order valence-electron chi connectivity index (χ4n) is 2.67. The second-order valence-electron chi connectivity index (χ2n) is 5.93. The Hall–Kier alpha value is -1.35. The monoisotopic (exact) mass is 260 g/mol. The van der Waals surface area contributed by atoms with Crippen LogP contribution in [0, 0.1) is 5.92 Å². The predicted molar refractivity (Wildman–Crippen MR) is 78.1 cm³/mol. The first-order valence-electron chi connectivity index (χ1n) is 7.09. The minimum atomic E-state index is 0.183. The van der Waals surface area contributed by atoms with Crippen molar-refractivity contribution in [2.45, 2.75) is 26.3 Å². The van der Waals surface area contributed by atoms with Gasteiger partial charge >= 0.3 is 0 Å². The second-order valence-corrected chi connectivity index (χ2v) is 5.93. The van der Waals surface area contributed by atoms with Gasteiger partial charge in [-0.15, -0.1) is 0 Å². The topological polar surface area (TPSA) is 23.6 Å². The molecule has 1 aromatic rings. The smallest absolute Gasteiger partial charge is 0.253 e. The number of carbonyl (C=O) groups excluding carboxylic acids is 1. The Balaban J connectivity index is 2.02. The molecule has 0 unspecified atom stereocenters. The molecule has 1 amide bonds. The third-order valence-electron chi connectivity index (χ3n) is 3.64. The zero-order chi connectivity index (χ0) is 13.8. The summed E-state index contributed by atoms with van der Waals surface area (Å²) in [7, 11) is 4.10. The SMILES string of the molecule is C[C@H]1CCCN(C(=O)c2ccc(CN(C)C)cc2)C1. The number of carbonyl (C=O) groups is 1. The first kappa shape index (κ1) is 14.1. The Bertz CT molecular complexity index is 425. The van der Waals surface area contributed by atoms with Crippen LogP contribution in [0.5, 0.6) is 0 Å². The molecule has 0 N–H and O–H groups in total. The number of benzene rings is 1. The van der Waals surface area contributed by atoms with Gasteiger partial charge in [0.15, 0.2) is 0 Å². The molecule has 1 atom stereocenters. The van der Waals surface area contributed by atoms with E-state index >= 15 is 0 Å². The normalized spacial score (nSPS) is 19.8. The van der Waals surface area contributed by atoms with Crippen LogP contribution in [0.4, 0.5) is 0 Å². The molecule has 2 rings (SSSR count). The third-order valence-corrected chi connectivity index (χ3v) is 3.64. The highest BCUT2D eigenvalue weighted by Crippen LogP contribution is 2.18. The molecule has 0 aliphatic carbocycles. The summed E-state index contributed by atoms with van der Waals surface area (Å²) < 4.78 is 0. The average molecular weight is 260 g/mol. The highest BCUT2D eigenvalue weighted by atomic mass is 16.2. The highest BCUT2D eigenvalue weighted by Gasteiger charge is 2.21. The summed E-state index contributed by atoms with van der Waals surface area (Å²) in [6.07, 6.45) is 2.37. The Morgan fingerprint density at radius 2 is 2.00 bits per heavy atom. The van der Waals surface area contributed by atoms with Crippen LogP contribution in [0.1, 0.15) is 35.7 Å². The van der Waals surface area contributed by atoms with E-state index in [1.54, 1.807) is 0 Å². The van der Waals surface area contributed by atoms with Gasteiger partial charge in [-0.2, -0.15) is 0 Å². The van der Waals surface area contributed by atoms with Gasteiger partial charge in [0.2, 0.25) is 0 Å². The molecule has 1 fully saturated rings. The molecule has 0 bridgehead atoms. The van der Waals surface area contributed by atoms with Crippen LogP contribution in [-0.4, -0.2) is 42.9 Å². The largest absolute Gasteiger partial charge is 0.338 e. The molecule has 0 radical (unpaired) electrons. The number of amides is 1. The molecule has 1 aliphatic heterocycles. The van der Waals surface area contributed by atoms with Crippen LogP contribution in [0.2, 0.25) is 0 Å². The quantitative estimate of drug-likeness (QED) is 0.834. The van der Waals surface area contributed by atoms with E-state index < -0.39 is 0 Å². The number of hydrogen-bond acceptors (Lipinski definition) is 2. The van der Waals surface area contributed by atoms with Gasteiger partial charge < -0.3 is 9.80 Å². The van der Waals surface area contributed by atoms with Crippen molar-refractivity contribution in [2.24, 2.45) is 5.92 Å². The lowest BCUT2D eigenvalue weighted by Gasteiger charge is -2.31. The standard InChI is InChI=1S/C16H24N2O/c1-13-5-4-10-18(11-13)16(19)15-8-6-14(7-9-15)12-17(2)3/h6-9,13H,4-5,10-12H2,1-3H3/t13-/m0/s1. The summed E-state index contributed by atoms with van der Waals surface area (Å²) >= 11 is 0. The van der Waals surface area contributed by atoms with Crippen molar-refractivity contribution >= 4 is 5.91 Å². The van der Waals surface area contributed by atoms with Crippen LogP contribution in [0.25, 0.3) is 0 Å². The number of likely N-dealkylation sites (tertiary alicyclic amines) is 1. The van der Waals surface area contributed by atoms with Gasteiger partial charge in [0, 0.05) is 25.2 Å². The van der Waals surface area contributed by atoms with Crippen LogP contribution < -0.4 is 0 Å². The van der Waals surface area contributed by atoms with E-state index in [1.807, 2.05) is 31.1 Å². The number of nitrogens with zero attached hydrogens (tertiary/aromatic N) is 2. The molecule has 0 aromatic heterocycles. The van der Waals surface area contributed by atoms with E-state index in [0.717, 1.165) is 31.6 Å². The van der Waals surface area contributed by atoms with E-state index in [4.69, 9.17) is 0 Å². The molecule has 0 saturated carbocycles. The summed E-state index contributed by atoms with van der Waals surface area (Å²) in [6.45, 7) is 4.94. The van der Waals surface area contributed by atoms with Crippen molar-refractivity contribution in [3.63, 3.8) is 0 Å². The van der Waals surface area contributed by atoms with Crippen molar-refractivity contribution in [1.82, 2.24) is 9.80 Å². The molecular weight excluding hydrogens is 236 g/mol. The number of hydrogen-bond donors (Lipinski definition) is 0. The molecule has 1 saturated heterocycles. The fourth-order valence-corrected chi connectivity index (χ4v) is 2.67. The van der Waals surface area contributed by atoms with Gasteiger partial charge in [0.05, 0.1) is 0 Å². The molecule has 1 heterocycles. The van der Waals surface area contributed by atoms with E-state index in [9.17, 15) is 4.79 Å². The predicted octanol–water partition coefficient (Wildman–Crippen LogP) is 2.62. The van der Waals surface area contributed by atoms with E-state index in [1.165, 1.54) is 12.0 Å². The lowest BCUT2D eigenvalue weighted by Crippen LogP contribution is -2.39. The Morgan fingerprint density at radius 1 is 1.32 bits per heavy atom. The maximum Gasteiger partial charge on any atom is 0.253 e. The van der Waals surface area contributed by atoms with Crippen molar-refractivity contribution in [3.05, 3.63) is 35.4 Å². The first-order valence-corrected chi connectivity index (χ1v) is 7.09. The molecule has 3 heteroatoms. The second kappa shape index (κ2) is 6.20. The Labute approximate surface area is 116 Å².